The molecule has 1 aromatic carbocycles. The van der Waals surface area contributed by atoms with Crippen LogP contribution in [0.5, 0.6) is 0 Å². The monoisotopic (exact) mass is 338 g/mol. The van der Waals surface area contributed by atoms with Crippen molar-refractivity contribution < 1.29 is 23.8 Å². The lowest BCUT2D eigenvalue weighted by molar-refractivity contribution is -0.205. The smallest absolute Gasteiger partial charge is 0.302 e. The molecule has 1 heterocycles. The molecule has 0 spiro atoms. The second kappa shape index (κ2) is 9.05. The Labute approximate surface area is 140 Å². The molecule has 0 aliphatic carbocycles. The van der Waals surface area contributed by atoms with E-state index in [0.29, 0.717) is 13.0 Å². The number of thioether (sulfide) groups is 1. The number of esters is 1. The maximum atomic E-state index is 12.2. The molecule has 0 saturated carbocycles. The average Bonchev–Trinajstić information content (AvgIpc) is 2.54. The van der Waals surface area contributed by atoms with E-state index in [0.717, 1.165) is 11.3 Å². The largest absolute Gasteiger partial charge is 0.463 e. The zero-order chi connectivity index (χ0) is 16.7. The third kappa shape index (κ3) is 5.64. The van der Waals surface area contributed by atoms with Gasteiger partial charge in [-0.15, -0.1) is 0 Å². The van der Waals surface area contributed by atoms with Crippen molar-refractivity contribution in [2.24, 2.45) is 0 Å². The minimum Gasteiger partial charge on any atom is -0.463 e. The highest BCUT2D eigenvalue weighted by molar-refractivity contribution is 7.99. The number of hydrogen-bond acceptors (Lipinski definition) is 6. The molecule has 5 nitrogen and oxygen atoms in total. The maximum Gasteiger partial charge on any atom is 0.302 e. The van der Waals surface area contributed by atoms with Crippen molar-refractivity contribution in [2.75, 3.05) is 12.4 Å². The molecule has 6 heteroatoms. The summed E-state index contributed by atoms with van der Waals surface area (Å²) in [5, 5.41) is -0.0107. The molecule has 126 valence electrons. The molecule has 0 amide bonds. The zero-order valence-electron chi connectivity index (χ0n) is 13.4. The lowest BCUT2D eigenvalue weighted by Crippen LogP contribution is -2.47. The van der Waals surface area contributed by atoms with Crippen LogP contribution in [0.2, 0.25) is 0 Å². The number of hydrogen-bond donors (Lipinski definition) is 0. The molecule has 23 heavy (non-hydrogen) atoms. The van der Waals surface area contributed by atoms with Crippen LogP contribution in [0, 0.1) is 0 Å². The molecule has 0 radical (unpaired) electrons. The van der Waals surface area contributed by atoms with E-state index in [2.05, 4.69) is 0 Å². The first kappa shape index (κ1) is 18.0. The minimum absolute atomic E-state index is 0.0107. The standard InChI is InChI=1S/C17H22O5S/c1-3-23-16-9-14(19)17(22-15(16)11-20-12(2)18)21-10-13-7-5-4-6-8-13/h4-8,15-17H,3,9-11H2,1-2H3/t15-,16-,17+/m1/s1. The van der Waals surface area contributed by atoms with Crippen molar-refractivity contribution in [3.63, 3.8) is 0 Å². The van der Waals surface area contributed by atoms with Gasteiger partial charge in [-0.05, 0) is 11.3 Å². The normalized spacial score (nSPS) is 24.4. The predicted octanol–water partition coefficient (Wildman–Crippen LogP) is 2.57. The Balaban J connectivity index is 1.94. The first-order valence-corrected chi connectivity index (χ1v) is 8.73. The lowest BCUT2D eigenvalue weighted by atomic mass is 10.1. The predicted molar refractivity (Wildman–Crippen MR) is 88.1 cm³/mol. The molecule has 0 bridgehead atoms. The van der Waals surface area contributed by atoms with Gasteiger partial charge in [0.1, 0.15) is 12.7 Å². The summed E-state index contributed by atoms with van der Waals surface area (Å²) >= 11 is 1.64. The number of carbonyl (C=O) groups excluding carboxylic acids is 2. The zero-order valence-corrected chi connectivity index (χ0v) is 14.2. The van der Waals surface area contributed by atoms with Gasteiger partial charge in [0.15, 0.2) is 5.78 Å². The van der Waals surface area contributed by atoms with Gasteiger partial charge in [-0.2, -0.15) is 11.8 Å². The summed E-state index contributed by atoms with van der Waals surface area (Å²) in [4.78, 5) is 23.2. The van der Waals surface area contributed by atoms with Crippen LogP contribution in [0.25, 0.3) is 0 Å². The first-order valence-electron chi connectivity index (χ1n) is 7.68. The van der Waals surface area contributed by atoms with Gasteiger partial charge in [-0.25, -0.2) is 0 Å². The van der Waals surface area contributed by atoms with Crippen LogP contribution in [0.4, 0.5) is 0 Å². The third-order valence-electron chi connectivity index (χ3n) is 3.45. The van der Waals surface area contributed by atoms with Crippen LogP contribution < -0.4 is 0 Å². The van der Waals surface area contributed by atoms with E-state index in [-0.39, 0.29) is 29.7 Å². The number of carbonyl (C=O) groups is 2. The van der Waals surface area contributed by atoms with Gasteiger partial charge >= 0.3 is 5.97 Å². The van der Waals surface area contributed by atoms with Gasteiger partial charge in [-0.1, -0.05) is 37.3 Å². The van der Waals surface area contributed by atoms with Crippen molar-refractivity contribution in [1.29, 1.82) is 0 Å². The van der Waals surface area contributed by atoms with Gasteiger partial charge in [-0.3, -0.25) is 9.59 Å². The topological polar surface area (TPSA) is 61.8 Å². The summed E-state index contributed by atoms with van der Waals surface area (Å²) in [6, 6.07) is 9.62. The fourth-order valence-electron chi connectivity index (χ4n) is 2.35. The van der Waals surface area contributed by atoms with E-state index in [9.17, 15) is 9.59 Å². The van der Waals surface area contributed by atoms with Crippen LogP contribution in [-0.2, 0) is 30.4 Å². The molecule has 0 N–H and O–H groups in total. The molecule has 1 aromatic rings. The van der Waals surface area contributed by atoms with E-state index >= 15 is 0 Å². The van der Waals surface area contributed by atoms with E-state index in [1.165, 1.54) is 6.92 Å². The molecule has 1 saturated heterocycles. The third-order valence-corrected chi connectivity index (χ3v) is 4.69. The SMILES string of the molecule is CCS[C@@H]1CC(=O)[C@@H](OCc2ccccc2)O[C@@H]1COC(C)=O. The van der Waals surface area contributed by atoms with E-state index in [1.807, 2.05) is 37.3 Å². The summed E-state index contributed by atoms with van der Waals surface area (Å²) in [7, 11) is 0. The van der Waals surface area contributed by atoms with Gasteiger partial charge in [0.05, 0.1) is 6.61 Å². The summed E-state index contributed by atoms with van der Waals surface area (Å²) in [5.41, 5.74) is 0.977. The molecule has 1 fully saturated rings. The van der Waals surface area contributed by atoms with Gasteiger partial charge < -0.3 is 14.2 Å². The highest BCUT2D eigenvalue weighted by Gasteiger charge is 2.38. The Hall–Kier alpha value is -1.37. The molecule has 2 rings (SSSR count). The molecular weight excluding hydrogens is 316 g/mol. The molecule has 1 aliphatic rings. The summed E-state index contributed by atoms with van der Waals surface area (Å²) in [5.74, 6) is 0.450. The quantitative estimate of drug-likeness (QED) is 0.712. The number of benzene rings is 1. The van der Waals surface area contributed by atoms with Crippen LogP contribution in [0.15, 0.2) is 30.3 Å². The Morgan fingerprint density at radius 3 is 2.74 bits per heavy atom. The summed E-state index contributed by atoms with van der Waals surface area (Å²) in [6.45, 7) is 3.84. The number of rotatable bonds is 7. The molecule has 0 aromatic heterocycles. The first-order chi connectivity index (χ1) is 11.1. The highest BCUT2D eigenvalue weighted by atomic mass is 32.2. The molecule has 0 unspecified atom stereocenters. The van der Waals surface area contributed by atoms with Gasteiger partial charge in [0, 0.05) is 18.6 Å². The summed E-state index contributed by atoms with van der Waals surface area (Å²) < 4.78 is 16.4. The highest BCUT2D eigenvalue weighted by Crippen LogP contribution is 2.28. The fraction of sp³-hybridized carbons (Fsp3) is 0.529. The maximum absolute atomic E-state index is 12.2. The second-order valence-corrected chi connectivity index (χ2v) is 6.79. The van der Waals surface area contributed by atoms with Crippen LogP contribution in [0.1, 0.15) is 25.8 Å². The Kier molecular flexibility index (Phi) is 7.08. The van der Waals surface area contributed by atoms with E-state index < -0.39 is 6.29 Å². The van der Waals surface area contributed by atoms with Crippen molar-refractivity contribution in [1.82, 2.24) is 0 Å². The van der Waals surface area contributed by atoms with E-state index in [1.54, 1.807) is 11.8 Å². The minimum atomic E-state index is -0.899. The van der Waals surface area contributed by atoms with Crippen molar-refractivity contribution in [3.05, 3.63) is 35.9 Å². The molecule has 1 aliphatic heterocycles. The Bertz CT molecular complexity index is 519. The van der Waals surface area contributed by atoms with Crippen molar-refractivity contribution in [3.8, 4) is 0 Å². The van der Waals surface area contributed by atoms with Crippen molar-refractivity contribution in [2.45, 2.75) is 44.5 Å². The number of Topliss-reactive ketones (excluding diaryl/α,β-unsaturated/α-hetero) is 1. The Morgan fingerprint density at radius 2 is 2.09 bits per heavy atom. The number of ketones is 1. The molecule has 3 atom stereocenters. The van der Waals surface area contributed by atoms with Crippen molar-refractivity contribution >= 4 is 23.5 Å². The Morgan fingerprint density at radius 1 is 1.35 bits per heavy atom. The number of ether oxygens (including phenoxy) is 3. The van der Waals surface area contributed by atoms with Crippen LogP contribution >= 0.6 is 11.8 Å². The van der Waals surface area contributed by atoms with E-state index in [4.69, 9.17) is 14.2 Å². The summed E-state index contributed by atoms with van der Waals surface area (Å²) in [6.07, 6.45) is -0.865. The average molecular weight is 338 g/mol. The van der Waals surface area contributed by atoms with Crippen LogP contribution in [-0.4, -0.2) is 41.8 Å². The van der Waals surface area contributed by atoms with Crippen LogP contribution in [0.3, 0.4) is 0 Å². The lowest BCUT2D eigenvalue weighted by Gasteiger charge is -2.34. The van der Waals surface area contributed by atoms with Gasteiger partial charge in [0.2, 0.25) is 6.29 Å². The second-order valence-electron chi connectivity index (χ2n) is 5.27. The molecular formula is C17H22O5S. The fourth-order valence-corrected chi connectivity index (χ4v) is 3.42. The van der Waals surface area contributed by atoms with Gasteiger partial charge in [0.25, 0.3) is 0 Å².